The average Bonchev–Trinajstić information content (AvgIpc) is 3.75. The Labute approximate surface area is 227 Å². The Bertz CT molecular complexity index is 1810. The number of aryl methyl sites for hydroxylation is 1. The molecule has 0 amide bonds. The van der Waals surface area contributed by atoms with Crippen molar-refractivity contribution in [3.05, 3.63) is 108 Å². The van der Waals surface area contributed by atoms with Gasteiger partial charge < -0.3 is 24.9 Å². The van der Waals surface area contributed by atoms with Crippen LogP contribution in [0.2, 0.25) is 0 Å². The third-order valence-corrected chi connectivity index (χ3v) is 6.65. The Kier molecular flexibility index (Phi) is 6.59. The van der Waals surface area contributed by atoms with E-state index in [-0.39, 0.29) is 12.2 Å². The van der Waals surface area contributed by atoms with Crippen molar-refractivity contribution in [2.75, 3.05) is 0 Å². The fourth-order valence-electron chi connectivity index (χ4n) is 4.71. The van der Waals surface area contributed by atoms with Gasteiger partial charge in [-0.15, -0.1) is 0 Å². The number of aromatic nitrogens is 5. The largest absolute Gasteiger partial charge is 0.481 e. The monoisotopic (exact) mass is 537 g/mol. The molecule has 1 atom stereocenters. The molecule has 3 aromatic carbocycles. The first-order chi connectivity index (χ1) is 19.5. The molecule has 1 unspecified atom stereocenters. The number of aliphatic hydroxyl groups excluding tert-OH is 1. The van der Waals surface area contributed by atoms with Gasteiger partial charge in [-0.1, -0.05) is 36.4 Å². The first kappa shape index (κ1) is 25.1. The van der Waals surface area contributed by atoms with E-state index >= 15 is 4.39 Å². The van der Waals surface area contributed by atoms with Gasteiger partial charge in [-0.05, 0) is 41.8 Å². The van der Waals surface area contributed by atoms with Crippen LogP contribution in [-0.4, -0.2) is 41.3 Å². The smallest absolute Gasteiger partial charge is 0.303 e. The summed E-state index contributed by atoms with van der Waals surface area (Å²) in [6.45, 7) is 0. The van der Waals surface area contributed by atoms with Crippen molar-refractivity contribution < 1.29 is 24.1 Å². The van der Waals surface area contributed by atoms with Crippen molar-refractivity contribution in [3.8, 4) is 34.1 Å². The number of fused-ring (bicyclic) bond motifs is 1. The van der Waals surface area contributed by atoms with Crippen LogP contribution in [0.5, 0.6) is 11.5 Å². The fraction of sp³-hybridized carbons (Fsp3) is 0.100. The molecule has 0 radical (unpaired) electrons. The Hall–Kier alpha value is -5.22. The van der Waals surface area contributed by atoms with Crippen molar-refractivity contribution in [2.24, 2.45) is 0 Å². The molecule has 0 aliphatic rings. The number of rotatable bonds is 9. The van der Waals surface area contributed by atoms with Crippen LogP contribution in [0.3, 0.4) is 0 Å². The minimum absolute atomic E-state index is 0.0124. The van der Waals surface area contributed by atoms with Gasteiger partial charge in [-0.2, -0.15) is 5.10 Å². The van der Waals surface area contributed by atoms with E-state index in [2.05, 4.69) is 25.1 Å². The molecule has 0 saturated carbocycles. The Morgan fingerprint density at radius 2 is 1.95 bits per heavy atom. The van der Waals surface area contributed by atoms with Gasteiger partial charge in [0.25, 0.3) is 0 Å². The van der Waals surface area contributed by atoms with Crippen LogP contribution in [0.15, 0.2) is 85.3 Å². The van der Waals surface area contributed by atoms with E-state index in [4.69, 9.17) is 9.84 Å². The second-order valence-corrected chi connectivity index (χ2v) is 9.33. The zero-order chi connectivity index (χ0) is 27.6. The van der Waals surface area contributed by atoms with E-state index in [1.54, 1.807) is 61.1 Å². The molecule has 0 aliphatic heterocycles. The van der Waals surface area contributed by atoms with Crippen LogP contribution in [0, 0.1) is 5.82 Å². The van der Waals surface area contributed by atoms with Gasteiger partial charge in [0, 0.05) is 41.3 Å². The minimum Gasteiger partial charge on any atom is -0.481 e. The van der Waals surface area contributed by atoms with Crippen molar-refractivity contribution in [3.63, 3.8) is 0 Å². The predicted molar refractivity (Wildman–Crippen MR) is 146 cm³/mol. The first-order valence-electron chi connectivity index (χ1n) is 12.6. The number of benzene rings is 3. The SMILES string of the molecule is O=C(O)CCc1cccc(C(O)c2cnc(-c3cccc(Oc4c(F)cc5[nH]ccc5c4-c4ccn[nH]4)c3)[nH]2)c1. The Morgan fingerprint density at radius 3 is 2.77 bits per heavy atom. The van der Waals surface area contributed by atoms with E-state index < -0.39 is 17.9 Å². The number of ether oxygens (including phenoxy) is 1. The number of hydrogen-bond donors (Lipinski definition) is 5. The second kappa shape index (κ2) is 10.5. The van der Waals surface area contributed by atoms with E-state index in [1.807, 2.05) is 18.2 Å². The zero-order valence-electron chi connectivity index (χ0n) is 21.1. The highest BCUT2D eigenvalue weighted by molar-refractivity contribution is 5.97. The number of aromatic amines is 3. The molecule has 0 saturated heterocycles. The van der Waals surface area contributed by atoms with Gasteiger partial charge in [0.05, 0.1) is 23.1 Å². The highest BCUT2D eigenvalue weighted by Crippen LogP contribution is 2.41. The average molecular weight is 538 g/mol. The lowest BCUT2D eigenvalue weighted by Crippen LogP contribution is -2.02. The molecule has 9 nitrogen and oxygen atoms in total. The number of carboxylic acid groups (broad SMARTS) is 1. The highest BCUT2D eigenvalue weighted by atomic mass is 19.1. The molecule has 3 aromatic heterocycles. The van der Waals surface area contributed by atoms with Crippen LogP contribution in [0.4, 0.5) is 4.39 Å². The number of halogens is 1. The topological polar surface area (TPSA) is 140 Å². The lowest BCUT2D eigenvalue weighted by molar-refractivity contribution is -0.136. The van der Waals surface area contributed by atoms with Crippen molar-refractivity contribution >= 4 is 16.9 Å². The molecule has 5 N–H and O–H groups in total. The van der Waals surface area contributed by atoms with E-state index in [9.17, 15) is 9.90 Å². The molecular weight excluding hydrogens is 513 g/mol. The van der Waals surface area contributed by atoms with Gasteiger partial charge in [0.2, 0.25) is 0 Å². The summed E-state index contributed by atoms with van der Waals surface area (Å²) in [5, 5.41) is 27.6. The molecular formula is C30H24FN5O4. The number of imidazole rings is 1. The number of nitrogens with one attached hydrogen (secondary N) is 3. The molecule has 3 heterocycles. The van der Waals surface area contributed by atoms with Gasteiger partial charge >= 0.3 is 5.97 Å². The third kappa shape index (κ3) is 4.95. The van der Waals surface area contributed by atoms with Crippen LogP contribution in [-0.2, 0) is 11.2 Å². The fourth-order valence-corrected chi connectivity index (χ4v) is 4.71. The summed E-state index contributed by atoms with van der Waals surface area (Å²) in [5.74, 6) is -0.444. The molecule has 0 spiro atoms. The summed E-state index contributed by atoms with van der Waals surface area (Å²) >= 11 is 0. The number of hydrogen-bond acceptors (Lipinski definition) is 5. The van der Waals surface area contributed by atoms with E-state index in [0.29, 0.717) is 51.6 Å². The number of carbonyl (C=O) groups is 1. The minimum atomic E-state index is -0.982. The number of nitrogens with zero attached hydrogens (tertiary/aromatic N) is 2. The Balaban J connectivity index is 1.27. The lowest BCUT2D eigenvalue weighted by atomic mass is 10.0. The maximum Gasteiger partial charge on any atom is 0.303 e. The number of aliphatic carboxylic acids is 1. The molecule has 0 aliphatic carbocycles. The maximum absolute atomic E-state index is 15.3. The van der Waals surface area contributed by atoms with Gasteiger partial charge in [0.15, 0.2) is 11.6 Å². The van der Waals surface area contributed by atoms with Crippen LogP contribution >= 0.6 is 0 Å². The molecule has 40 heavy (non-hydrogen) atoms. The highest BCUT2D eigenvalue weighted by Gasteiger charge is 2.20. The maximum atomic E-state index is 15.3. The van der Waals surface area contributed by atoms with Gasteiger partial charge in [-0.25, -0.2) is 9.37 Å². The standard InChI is InChI=1S/C30H24FN5O4/c31-22-15-24-21(9-11-32-24)27(23-10-12-34-36-23)29(22)40-20-6-2-5-19(14-20)30-33-16-25(35-30)28(39)18-4-1-3-17(13-18)7-8-26(37)38/h1-6,9-16,28,32,39H,7-8H2,(H,33,35)(H,34,36)(H,37,38). The number of carboxylic acids is 1. The second-order valence-electron chi connectivity index (χ2n) is 9.33. The van der Waals surface area contributed by atoms with Gasteiger partial charge in [-0.3, -0.25) is 9.89 Å². The quantitative estimate of drug-likeness (QED) is 0.154. The summed E-state index contributed by atoms with van der Waals surface area (Å²) in [4.78, 5) is 21.5. The molecule has 0 fully saturated rings. The van der Waals surface area contributed by atoms with Crippen molar-refractivity contribution in [1.29, 1.82) is 0 Å². The van der Waals surface area contributed by atoms with Crippen LogP contribution in [0.25, 0.3) is 33.5 Å². The lowest BCUT2D eigenvalue weighted by Gasteiger charge is -2.13. The molecule has 200 valence electrons. The molecule has 0 bridgehead atoms. The zero-order valence-corrected chi connectivity index (χ0v) is 21.1. The third-order valence-electron chi connectivity index (χ3n) is 6.65. The molecule has 10 heteroatoms. The predicted octanol–water partition coefficient (Wildman–Crippen LogP) is 5.98. The van der Waals surface area contributed by atoms with Crippen LogP contribution in [0.1, 0.15) is 29.3 Å². The number of aliphatic hydroxyl groups is 1. The number of H-pyrrole nitrogens is 3. The van der Waals surface area contributed by atoms with Crippen molar-refractivity contribution in [1.82, 2.24) is 25.1 Å². The molecule has 6 rings (SSSR count). The van der Waals surface area contributed by atoms with Gasteiger partial charge in [0.1, 0.15) is 17.7 Å². The normalized spacial score (nSPS) is 12.1. The summed E-state index contributed by atoms with van der Waals surface area (Å²) in [7, 11) is 0. The summed E-state index contributed by atoms with van der Waals surface area (Å²) in [6.07, 6.45) is 4.29. The molecule has 6 aromatic rings. The van der Waals surface area contributed by atoms with E-state index in [0.717, 1.165) is 10.9 Å². The van der Waals surface area contributed by atoms with Crippen molar-refractivity contribution in [2.45, 2.75) is 18.9 Å². The summed E-state index contributed by atoms with van der Waals surface area (Å²) < 4.78 is 21.4. The Morgan fingerprint density at radius 1 is 1.07 bits per heavy atom. The van der Waals surface area contributed by atoms with E-state index in [1.165, 1.54) is 6.07 Å². The summed E-state index contributed by atoms with van der Waals surface area (Å²) in [5.41, 5.74) is 4.40. The van der Waals surface area contributed by atoms with Crippen LogP contribution < -0.4 is 4.74 Å². The first-order valence-corrected chi connectivity index (χ1v) is 12.6. The summed E-state index contributed by atoms with van der Waals surface area (Å²) in [6, 6.07) is 19.2.